The standard InChI is InChI=1S/C14H18N4O3/c1-10-17-14(21-18-10)6-8-16-13(19)7-9-20-12-4-2-11(15)3-5-12/h2-5H,6-9,15H2,1H3,(H,16,19). The SMILES string of the molecule is Cc1noc(CCNC(=O)CCOc2ccc(N)cc2)n1. The molecule has 1 amide bonds. The maximum absolute atomic E-state index is 11.6. The van der Waals surface area contributed by atoms with E-state index in [1.165, 1.54) is 0 Å². The fraction of sp³-hybridized carbons (Fsp3) is 0.357. The second-order valence-electron chi connectivity index (χ2n) is 4.50. The normalized spacial score (nSPS) is 10.3. The average Bonchev–Trinajstić information content (AvgIpc) is 2.87. The highest BCUT2D eigenvalue weighted by Crippen LogP contribution is 2.13. The largest absolute Gasteiger partial charge is 0.493 e. The van der Waals surface area contributed by atoms with Gasteiger partial charge < -0.3 is 20.3 Å². The van der Waals surface area contributed by atoms with Gasteiger partial charge in [-0.2, -0.15) is 4.98 Å². The van der Waals surface area contributed by atoms with Crippen LogP contribution in [0, 0.1) is 6.92 Å². The highest BCUT2D eigenvalue weighted by Gasteiger charge is 2.05. The molecule has 7 heteroatoms. The number of carbonyl (C=O) groups excluding carboxylic acids is 1. The summed E-state index contributed by atoms with van der Waals surface area (Å²) in [5.41, 5.74) is 6.25. The minimum absolute atomic E-state index is 0.0818. The first-order valence-electron chi connectivity index (χ1n) is 6.68. The molecule has 0 bridgehead atoms. The van der Waals surface area contributed by atoms with Crippen LogP contribution < -0.4 is 15.8 Å². The van der Waals surface area contributed by atoms with Gasteiger partial charge in [-0.05, 0) is 31.2 Å². The summed E-state index contributed by atoms with van der Waals surface area (Å²) < 4.78 is 10.4. The van der Waals surface area contributed by atoms with Gasteiger partial charge in [-0.1, -0.05) is 5.16 Å². The van der Waals surface area contributed by atoms with Crippen LogP contribution in [0.1, 0.15) is 18.1 Å². The lowest BCUT2D eigenvalue weighted by Gasteiger charge is -2.06. The van der Waals surface area contributed by atoms with Crippen molar-refractivity contribution >= 4 is 11.6 Å². The summed E-state index contributed by atoms with van der Waals surface area (Å²) >= 11 is 0. The minimum Gasteiger partial charge on any atom is -0.493 e. The topological polar surface area (TPSA) is 103 Å². The Morgan fingerprint density at radius 3 is 2.81 bits per heavy atom. The molecule has 1 heterocycles. The Morgan fingerprint density at radius 1 is 1.38 bits per heavy atom. The second kappa shape index (κ2) is 7.28. The predicted molar refractivity (Wildman–Crippen MR) is 76.7 cm³/mol. The Kier molecular flexibility index (Phi) is 5.14. The monoisotopic (exact) mass is 290 g/mol. The van der Waals surface area contributed by atoms with Gasteiger partial charge in [0.1, 0.15) is 5.75 Å². The Bertz CT molecular complexity index is 580. The van der Waals surface area contributed by atoms with Crippen LogP contribution in [0.2, 0.25) is 0 Å². The third-order valence-electron chi connectivity index (χ3n) is 2.71. The van der Waals surface area contributed by atoms with E-state index in [0.29, 0.717) is 42.7 Å². The van der Waals surface area contributed by atoms with E-state index in [0.717, 1.165) is 0 Å². The Balaban J connectivity index is 1.60. The molecule has 112 valence electrons. The summed E-state index contributed by atoms with van der Waals surface area (Å²) in [5.74, 6) is 1.72. The molecule has 0 fully saturated rings. The molecule has 0 spiro atoms. The van der Waals surface area contributed by atoms with Crippen molar-refractivity contribution in [2.75, 3.05) is 18.9 Å². The molecule has 0 saturated heterocycles. The third kappa shape index (κ3) is 5.13. The lowest BCUT2D eigenvalue weighted by atomic mass is 10.3. The Hall–Kier alpha value is -2.57. The van der Waals surface area contributed by atoms with E-state index in [4.69, 9.17) is 15.0 Å². The smallest absolute Gasteiger partial charge is 0.228 e. The molecule has 0 unspecified atom stereocenters. The molecule has 0 radical (unpaired) electrons. The average molecular weight is 290 g/mol. The molecule has 0 aliphatic rings. The molecular weight excluding hydrogens is 272 g/mol. The molecule has 1 aromatic carbocycles. The van der Waals surface area contributed by atoms with Gasteiger partial charge in [-0.25, -0.2) is 0 Å². The first-order chi connectivity index (χ1) is 10.1. The van der Waals surface area contributed by atoms with E-state index in [1.807, 2.05) is 0 Å². The molecule has 2 aromatic rings. The van der Waals surface area contributed by atoms with Gasteiger partial charge in [0.25, 0.3) is 0 Å². The summed E-state index contributed by atoms with van der Waals surface area (Å²) in [6.45, 7) is 2.53. The van der Waals surface area contributed by atoms with E-state index in [-0.39, 0.29) is 12.3 Å². The first kappa shape index (κ1) is 14.8. The number of aryl methyl sites for hydroxylation is 1. The number of aromatic nitrogens is 2. The summed E-state index contributed by atoms with van der Waals surface area (Å²) in [6, 6.07) is 7.04. The highest BCUT2D eigenvalue weighted by molar-refractivity contribution is 5.75. The van der Waals surface area contributed by atoms with E-state index < -0.39 is 0 Å². The van der Waals surface area contributed by atoms with Crippen LogP contribution in [-0.4, -0.2) is 29.2 Å². The van der Waals surface area contributed by atoms with Gasteiger partial charge >= 0.3 is 0 Å². The molecule has 2 rings (SSSR count). The lowest BCUT2D eigenvalue weighted by molar-refractivity contribution is -0.121. The molecule has 7 nitrogen and oxygen atoms in total. The van der Waals surface area contributed by atoms with Crippen molar-refractivity contribution in [3.05, 3.63) is 36.0 Å². The van der Waals surface area contributed by atoms with Gasteiger partial charge in [0.15, 0.2) is 5.82 Å². The van der Waals surface area contributed by atoms with Gasteiger partial charge in [-0.15, -0.1) is 0 Å². The number of hydrogen-bond acceptors (Lipinski definition) is 6. The van der Waals surface area contributed by atoms with E-state index in [1.54, 1.807) is 31.2 Å². The quantitative estimate of drug-likeness (QED) is 0.740. The van der Waals surface area contributed by atoms with E-state index in [2.05, 4.69) is 15.5 Å². The highest BCUT2D eigenvalue weighted by atomic mass is 16.5. The van der Waals surface area contributed by atoms with Crippen molar-refractivity contribution in [2.45, 2.75) is 19.8 Å². The zero-order valence-electron chi connectivity index (χ0n) is 11.8. The lowest BCUT2D eigenvalue weighted by Crippen LogP contribution is -2.27. The minimum atomic E-state index is -0.0818. The second-order valence-corrected chi connectivity index (χ2v) is 4.50. The molecule has 0 aliphatic heterocycles. The molecule has 0 atom stereocenters. The van der Waals surface area contributed by atoms with Gasteiger partial charge in [0, 0.05) is 18.7 Å². The number of ether oxygens (including phenoxy) is 1. The number of carbonyl (C=O) groups is 1. The molecule has 0 aliphatic carbocycles. The molecule has 21 heavy (non-hydrogen) atoms. The van der Waals surface area contributed by atoms with E-state index in [9.17, 15) is 4.79 Å². The van der Waals surface area contributed by atoms with Crippen LogP contribution >= 0.6 is 0 Å². The fourth-order valence-corrected chi connectivity index (χ4v) is 1.66. The van der Waals surface area contributed by atoms with Crippen LogP contribution in [0.3, 0.4) is 0 Å². The van der Waals surface area contributed by atoms with Gasteiger partial charge in [0.05, 0.1) is 13.0 Å². The van der Waals surface area contributed by atoms with Crippen molar-refractivity contribution in [3.8, 4) is 5.75 Å². The van der Waals surface area contributed by atoms with Crippen LogP contribution in [-0.2, 0) is 11.2 Å². The molecule has 0 saturated carbocycles. The number of amides is 1. The Labute approximate surface area is 122 Å². The number of nitrogens with zero attached hydrogens (tertiary/aromatic N) is 2. The predicted octanol–water partition coefficient (Wildman–Crippen LogP) is 1.09. The number of nitrogen functional groups attached to an aromatic ring is 1. The first-order valence-corrected chi connectivity index (χ1v) is 6.68. The maximum atomic E-state index is 11.6. The van der Waals surface area contributed by atoms with Crippen LogP contribution in [0.15, 0.2) is 28.8 Å². The Morgan fingerprint density at radius 2 is 2.14 bits per heavy atom. The summed E-state index contributed by atoms with van der Waals surface area (Å²) in [5, 5.41) is 6.45. The number of nitrogens with one attached hydrogen (secondary N) is 1. The third-order valence-corrected chi connectivity index (χ3v) is 2.71. The summed E-state index contributed by atoms with van der Waals surface area (Å²) in [4.78, 5) is 15.7. The van der Waals surface area contributed by atoms with Gasteiger partial charge in [-0.3, -0.25) is 4.79 Å². The zero-order valence-corrected chi connectivity index (χ0v) is 11.8. The van der Waals surface area contributed by atoms with Crippen LogP contribution in [0.4, 0.5) is 5.69 Å². The maximum Gasteiger partial charge on any atom is 0.228 e. The molecule has 1 aromatic heterocycles. The number of benzene rings is 1. The van der Waals surface area contributed by atoms with Crippen LogP contribution in [0.5, 0.6) is 5.75 Å². The van der Waals surface area contributed by atoms with Crippen molar-refractivity contribution in [2.24, 2.45) is 0 Å². The number of nitrogens with two attached hydrogens (primary N) is 1. The van der Waals surface area contributed by atoms with Crippen LogP contribution in [0.25, 0.3) is 0 Å². The van der Waals surface area contributed by atoms with Crippen molar-refractivity contribution in [1.29, 1.82) is 0 Å². The fourth-order valence-electron chi connectivity index (χ4n) is 1.66. The number of rotatable bonds is 7. The van der Waals surface area contributed by atoms with Gasteiger partial charge in [0.2, 0.25) is 11.8 Å². The van der Waals surface area contributed by atoms with Crippen molar-refractivity contribution in [1.82, 2.24) is 15.5 Å². The summed E-state index contributed by atoms with van der Waals surface area (Å²) in [7, 11) is 0. The van der Waals surface area contributed by atoms with E-state index >= 15 is 0 Å². The van der Waals surface area contributed by atoms with Crippen molar-refractivity contribution in [3.63, 3.8) is 0 Å². The number of anilines is 1. The summed E-state index contributed by atoms with van der Waals surface area (Å²) in [6.07, 6.45) is 0.804. The molecule has 3 N–H and O–H groups in total. The zero-order chi connectivity index (χ0) is 15.1. The van der Waals surface area contributed by atoms with Crippen molar-refractivity contribution < 1.29 is 14.1 Å². The number of hydrogen-bond donors (Lipinski definition) is 2. The molecular formula is C14H18N4O3.